The molecule has 0 fully saturated rings. The molecule has 1 aliphatic rings. The van der Waals surface area contributed by atoms with E-state index in [1.54, 1.807) is 19.1 Å². The van der Waals surface area contributed by atoms with E-state index in [-0.39, 0.29) is 10.9 Å². The lowest BCUT2D eigenvalue weighted by Gasteiger charge is -2.30. The van der Waals surface area contributed by atoms with Crippen molar-refractivity contribution in [1.82, 2.24) is 10.6 Å². The smallest absolute Gasteiger partial charge is 0.337 e. The van der Waals surface area contributed by atoms with Crippen molar-refractivity contribution in [2.24, 2.45) is 0 Å². The number of esters is 1. The number of allylic oxidation sites excluding steroid dienone is 1. The number of hydrogen-bond acceptors (Lipinski definition) is 6. The average Bonchev–Trinajstić information content (AvgIpc) is 2.45. The average molecular weight is 308 g/mol. The number of ether oxygens (including phenoxy) is 1. The number of rotatable bonds is 3. The lowest BCUT2D eigenvalue weighted by molar-refractivity contribution is -0.136. The second-order valence-electron chi connectivity index (χ2n) is 4.43. The van der Waals surface area contributed by atoms with Crippen LogP contribution >= 0.6 is 12.2 Å². The van der Waals surface area contributed by atoms with Crippen molar-refractivity contribution in [2.75, 3.05) is 12.3 Å². The van der Waals surface area contributed by atoms with E-state index >= 15 is 0 Å². The van der Waals surface area contributed by atoms with Crippen LogP contribution in [0.5, 0.6) is 0 Å². The number of thiocarbonyl (C=S) groups is 1. The second kappa shape index (κ2) is 6.08. The van der Waals surface area contributed by atoms with Gasteiger partial charge in [0.2, 0.25) is 0 Å². The molecule has 2 rings (SSSR count). The van der Waals surface area contributed by atoms with E-state index in [4.69, 9.17) is 22.2 Å². The number of benzene rings is 1. The molecule has 112 valence electrons. The fourth-order valence-corrected chi connectivity index (χ4v) is 2.42. The van der Waals surface area contributed by atoms with Gasteiger partial charge in [0.05, 0.1) is 24.4 Å². The maximum absolute atomic E-state index is 12.0. The van der Waals surface area contributed by atoms with Crippen molar-refractivity contribution in [3.63, 3.8) is 0 Å². The Morgan fingerprint density at radius 3 is 2.86 bits per heavy atom. The molecule has 7 nitrogen and oxygen atoms in total. The Balaban J connectivity index is 2.48. The van der Waals surface area contributed by atoms with Crippen molar-refractivity contribution in [1.29, 1.82) is 0 Å². The summed E-state index contributed by atoms with van der Waals surface area (Å²) in [5.74, 6) is -0.506. The molecule has 0 amide bonds. The summed E-state index contributed by atoms with van der Waals surface area (Å²) in [6, 6.07) is 5.67. The molecule has 0 bridgehead atoms. The van der Waals surface area contributed by atoms with Crippen molar-refractivity contribution < 1.29 is 14.7 Å². The van der Waals surface area contributed by atoms with Gasteiger partial charge in [0.1, 0.15) is 0 Å². The number of carbonyl (C=O) groups excluding carboxylic acids is 1. The molecule has 1 aromatic rings. The summed E-state index contributed by atoms with van der Waals surface area (Å²) in [7, 11) is 1.29. The Labute approximate surface area is 126 Å². The highest BCUT2D eigenvalue weighted by Crippen LogP contribution is 2.29. The Hall–Kier alpha value is -2.16. The van der Waals surface area contributed by atoms with Gasteiger partial charge in [-0.15, -0.1) is 0 Å². The van der Waals surface area contributed by atoms with Crippen LogP contribution in [0.15, 0.2) is 35.5 Å². The molecule has 21 heavy (non-hydrogen) atoms. The summed E-state index contributed by atoms with van der Waals surface area (Å²) in [5.41, 5.74) is 1.59. The van der Waals surface area contributed by atoms with Crippen LogP contribution in [0.2, 0.25) is 0 Å². The van der Waals surface area contributed by atoms with Crippen molar-refractivity contribution >= 4 is 29.0 Å². The number of carbonyl (C=O) groups is 1. The first kappa shape index (κ1) is 15.2. The molecule has 0 aliphatic carbocycles. The molecule has 0 aromatic heterocycles. The highest BCUT2D eigenvalue weighted by molar-refractivity contribution is 7.80. The predicted octanol–water partition coefficient (Wildman–Crippen LogP) is 1.35. The molecule has 1 heterocycles. The van der Waals surface area contributed by atoms with E-state index in [0.717, 1.165) is 0 Å². The summed E-state index contributed by atoms with van der Waals surface area (Å²) in [6.45, 7) is 1.71. The van der Waals surface area contributed by atoms with Gasteiger partial charge >= 0.3 is 5.97 Å². The number of nitrogens with one attached hydrogen (secondary N) is 2. The quantitative estimate of drug-likeness (QED) is 0.437. The topological polar surface area (TPSA) is 96.9 Å². The van der Waals surface area contributed by atoms with E-state index < -0.39 is 12.0 Å². The summed E-state index contributed by atoms with van der Waals surface area (Å²) in [6.07, 6.45) is 0. The molecule has 1 aromatic carbocycles. The normalized spacial score (nSPS) is 17.9. The largest absolute Gasteiger partial charge is 0.733 e. The van der Waals surface area contributed by atoms with Crippen LogP contribution in [0.3, 0.4) is 0 Å². The zero-order chi connectivity index (χ0) is 15.6. The van der Waals surface area contributed by atoms with Crippen LogP contribution in [-0.4, -0.2) is 23.4 Å². The lowest BCUT2D eigenvalue weighted by atomic mass is 9.95. The standard InChI is InChI=1S/C13H14N3O4S/c1-7-10(12(17)20-2)11(15-13(21)14-7)8-4-3-5-9(6-8)16(18)19/h3-6,11,18H,1-2H3,(H2,14,15,21)/q-1/t11-/m1/s1. The van der Waals surface area contributed by atoms with Crippen LogP contribution in [0.25, 0.3) is 0 Å². The molecule has 0 saturated heterocycles. The first-order valence-corrected chi connectivity index (χ1v) is 6.47. The third-order valence-electron chi connectivity index (χ3n) is 3.10. The van der Waals surface area contributed by atoms with E-state index in [2.05, 4.69) is 10.6 Å². The molecular formula is C13H14N3O4S-. The Morgan fingerprint density at radius 1 is 1.52 bits per heavy atom. The van der Waals surface area contributed by atoms with Crippen LogP contribution in [0.4, 0.5) is 5.69 Å². The Kier molecular flexibility index (Phi) is 4.41. The predicted molar refractivity (Wildman–Crippen MR) is 80.4 cm³/mol. The number of hydrogen-bond donors (Lipinski definition) is 3. The Morgan fingerprint density at radius 2 is 2.24 bits per heavy atom. The minimum atomic E-state index is -0.564. The monoisotopic (exact) mass is 308 g/mol. The summed E-state index contributed by atoms with van der Waals surface area (Å²) in [5, 5.41) is 25.9. The highest BCUT2D eigenvalue weighted by Gasteiger charge is 2.30. The zero-order valence-electron chi connectivity index (χ0n) is 11.4. The van der Waals surface area contributed by atoms with E-state index in [9.17, 15) is 10.0 Å². The molecule has 1 atom stereocenters. The van der Waals surface area contributed by atoms with Gasteiger partial charge in [-0.1, -0.05) is 12.1 Å². The minimum absolute atomic E-state index is 0.0561. The summed E-state index contributed by atoms with van der Waals surface area (Å²) < 4.78 is 4.78. The maximum atomic E-state index is 12.0. The number of nitrogens with zero attached hydrogens (tertiary/aromatic N) is 1. The van der Waals surface area contributed by atoms with Gasteiger partial charge in [-0.25, -0.2) is 4.79 Å². The van der Waals surface area contributed by atoms with Crippen LogP contribution in [-0.2, 0) is 9.53 Å². The van der Waals surface area contributed by atoms with Crippen molar-refractivity contribution in [3.05, 3.63) is 46.3 Å². The van der Waals surface area contributed by atoms with Gasteiger partial charge in [0, 0.05) is 5.70 Å². The number of methoxy groups -OCH3 is 1. The molecular weight excluding hydrogens is 294 g/mol. The summed E-state index contributed by atoms with van der Waals surface area (Å²) >= 11 is 5.09. The zero-order valence-corrected chi connectivity index (χ0v) is 12.2. The van der Waals surface area contributed by atoms with Crippen LogP contribution in [0, 0.1) is 5.21 Å². The van der Waals surface area contributed by atoms with E-state index in [1.807, 2.05) is 0 Å². The molecule has 8 heteroatoms. The third-order valence-corrected chi connectivity index (χ3v) is 3.32. The highest BCUT2D eigenvalue weighted by atomic mass is 32.1. The van der Waals surface area contributed by atoms with Gasteiger partial charge in [0.25, 0.3) is 0 Å². The second-order valence-corrected chi connectivity index (χ2v) is 4.84. The SMILES string of the molecule is COC(=O)C1=C(C)NC(=S)N[C@@H]1c1cccc(N([O-])O)c1. The molecule has 0 spiro atoms. The van der Waals surface area contributed by atoms with Gasteiger partial charge in [-0.2, -0.15) is 0 Å². The molecule has 0 saturated carbocycles. The fraction of sp³-hybridized carbons (Fsp3) is 0.231. The van der Waals surface area contributed by atoms with Gasteiger partial charge in [-0.05, 0) is 36.8 Å². The fourth-order valence-electron chi connectivity index (χ4n) is 2.15. The number of anilines is 1. The molecule has 0 radical (unpaired) electrons. The third kappa shape index (κ3) is 3.13. The van der Waals surface area contributed by atoms with E-state index in [0.29, 0.717) is 21.9 Å². The van der Waals surface area contributed by atoms with Crippen LogP contribution in [0.1, 0.15) is 18.5 Å². The van der Waals surface area contributed by atoms with Crippen LogP contribution < -0.4 is 15.9 Å². The maximum Gasteiger partial charge on any atom is 0.337 e. The lowest BCUT2D eigenvalue weighted by Crippen LogP contribution is -2.45. The van der Waals surface area contributed by atoms with Gasteiger partial charge in [-0.3, -0.25) is 5.21 Å². The summed E-state index contributed by atoms with van der Waals surface area (Å²) in [4.78, 5) is 12.0. The van der Waals surface area contributed by atoms with Crippen molar-refractivity contribution in [3.8, 4) is 0 Å². The van der Waals surface area contributed by atoms with Crippen molar-refractivity contribution in [2.45, 2.75) is 13.0 Å². The molecule has 1 aliphatic heterocycles. The van der Waals surface area contributed by atoms with Gasteiger partial charge < -0.3 is 25.8 Å². The van der Waals surface area contributed by atoms with Gasteiger partial charge in [0.15, 0.2) is 5.11 Å². The minimum Gasteiger partial charge on any atom is -0.733 e. The molecule has 3 N–H and O–H groups in total. The molecule has 0 unspecified atom stereocenters. The first-order chi connectivity index (χ1) is 9.93. The first-order valence-electron chi connectivity index (χ1n) is 6.06. The van der Waals surface area contributed by atoms with E-state index in [1.165, 1.54) is 19.2 Å². The Bertz CT molecular complexity index is 615.